The van der Waals surface area contributed by atoms with Crippen molar-refractivity contribution in [1.82, 2.24) is 5.32 Å². The van der Waals surface area contributed by atoms with Gasteiger partial charge in [-0.3, -0.25) is 9.10 Å². The topological polar surface area (TPSA) is 66.5 Å². The van der Waals surface area contributed by atoms with Crippen molar-refractivity contribution in [1.29, 1.82) is 0 Å². The molecule has 0 aliphatic carbocycles. The van der Waals surface area contributed by atoms with E-state index in [-0.39, 0.29) is 11.9 Å². The van der Waals surface area contributed by atoms with Crippen molar-refractivity contribution in [2.75, 3.05) is 10.6 Å². The lowest BCUT2D eigenvalue weighted by Crippen LogP contribution is -2.48. The first-order valence-electron chi connectivity index (χ1n) is 8.63. The summed E-state index contributed by atoms with van der Waals surface area (Å²) in [6, 6.07) is 9.75. The fourth-order valence-corrected chi connectivity index (χ4v) is 4.01. The zero-order chi connectivity index (χ0) is 20.4. The van der Waals surface area contributed by atoms with Gasteiger partial charge in [-0.1, -0.05) is 18.2 Å². The molecule has 7 heteroatoms. The van der Waals surface area contributed by atoms with Gasteiger partial charge in [-0.2, -0.15) is 0 Å². The minimum absolute atomic E-state index is 0.358. The van der Waals surface area contributed by atoms with E-state index in [1.54, 1.807) is 38.1 Å². The molecule has 0 unspecified atom stereocenters. The van der Waals surface area contributed by atoms with Crippen LogP contribution in [0.25, 0.3) is 0 Å². The van der Waals surface area contributed by atoms with Crippen LogP contribution in [0.5, 0.6) is 0 Å². The summed E-state index contributed by atoms with van der Waals surface area (Å²) >= 11 is 0. The Bertz CT molecular complexity index is 927. The molecule has 2 rings (SSSR count). The first kappa shape index (κ1) is 20.9. The average molecular weight is 392 g/mol. The molecule has 2 aromatic carbocycles. The Morgan fingerprint density at radius 3 is 2.15 bits per heavy atom. The molecule has 2 atom stereocenters. The molecule has 146 valence electrons. The van der Waals surface area contributed by atoms with E-state index in [4.69, 9.17) is 0 Å². The van der Waals surface area contributed by atoms with Gasteiger partial charge in [0.15, 0.2) is 0 Å². The van der Waals surface area contributed by atoms with E-state index in [2.05, 4.69) is 5.32 Å². The van der Waals surface area contributed by atoms with E-state index < -0.39 is 22.0 Å². The monoisotopic (exact) mass is 392 g/mol. The number of aryl methyl sites for hydroxylation is 2. The second-order valence-corrected chi connectivity index (χ2v) is 8.64. The number of carbonyl (C=O) groups is 1. The normalized spacial score (nSPS) is 13.7. The Kier molecular flexibility index (Phi) is 6.26. The van der Waals surface area contributed by atoms with E-state index >= 15 is 0 Å². The molecular weight excluding hydrogens is 367 g/mol. The average Bonchev–Trinajstić information content (AvgIpc) is 2.57. The first-order valence-corrected chi connectivity index (χ1v) is 10.5. The Morgan fingerprint density at radius 2 is 1.63 bits per heavy atom. The van der Waals surface area contributed by atoms with E-state index in [1.807, 2.05) is 19.9 Å². The maximum Gasteiger partial charge on any atom is 0.244 e. The fraction of sp³-hybridized carbons (Fsp3) is 0.350. The minimum atomic E-state index is -3.67. The van der Waals surface area contributed by atoms with Crippen molar-refractivity contribution in [3.05, 3.63) is 65.0 Å². The highest BCUT2D eigenvalue weighted by molar-refractivity contribution is 7.92. The van der Waals surface area contributed by atoms with Crippen LogP contribution in [0.4, 0.5) is 10.1 Å². The van der Waals surface area contributed by atoms with E-state index in [1.165, 1.54) is 12.1 Å². The third-order valence-electron chi connectivity index (χ3n) is 4.56. The predicted octanol–water partition coefficient (Wildman–Crippen LogP) is 3.47. The highest BCUT2D eigenvalue weighted by Gasteiger charge is 2.30. The lowest BCUT2D eigenvalue weighted by atomic mass is 10.1. The number of benzene rings is 2. The van der Waals surface area contributed by atoms with Crippen LogP contribution in [0.15, 0.2) is 42.5 Å². The third-order valence-corrected chi connectivity index (χ3v) is 5.80. The van der Waals surface area contributed by atoms with Crippen LogP contribution in [0.1, 0.15) is 36.6 Å². The van der Waals surface area contributed by atoms with Crippen molar-refractivity contribution in [2.45, 2.75) is 39.8 Å². The Morgan fingerprint density at radius 1 is 1.04 bits per heavy atom. The molecule has 5 nitrogen and oxygen atoms in total. The number of anilines is 1. The summed E-state index contributed by atoms with van der Waals surface area (Å²) in [6.07, 6.45) is 1.08. The Balaban J connectivity index is 2.26. The number of carbonyl (C=O) groups excluding carboxylic acids is 1. The first-order chi connectivity index (χ1) is 12.5. The number of halogens is 1. The number of nitrogens with zero attached hydrogens (tertiary/aromatic N) is 1. The molecule has 0 aromatic heterocycles. The molecule has 0 heterocycles. The number of rotatable bonds is 6. The van der Waals surface area contributed by atoms with Gasteiger partial charge in [0.25, 0.3) is 0 Å². The molecule has 0 spiro atoms. The largest absolute Gasteiger partial charge is 0.348 e. The summed E-state index contributed by atoms with van der Waals surface area (Å²) in [4.78, 5) is 12.7. The highest BCUT2D eigenvalue weighted by Crippen LogP contribution is 2.24. The second kappa shape index (κ2) is 8.08. The van der Waals surface area contributed by atoms with Crippen LogP contribution in [0.3, 0.4) is 0 Å². The van der Waals surface area contributed by atoms with Gasteiger partial charge >= 0.3 is 0 Å². The van der Waals surface area contributed by atoms with Crippen molar-refractivity contribution >= 4 is 21.6 Å². The number of nitrogens with one attached hydrogen (secondary N) is 1. The molecule has 27 heavy (non-hydrogen) atoms. The smallest absolute Gasteiger partial charge is 0.244 e. The maximum atomic E-state index is 13.1. The lowest BCUT2D eigenvalue weighted by molar-refractivity contribution is -0.122. The molecule has 2 aromatic rings. The van der Waals surface area contributed by atoms with Gasteiger partial charge in [0, 0.05) is 0 Å². The number of hydrogen-bond donors (Lipinski definition) is 1. The van der Waals surface area contributed by atoms with Gasteiger partial charge in [-0.25, -0.2) is 12.8 Å². The molecule has 0 saturated heterocycles. The molecule has 0 aliphatic rings. The zero-order valence-electron chi connectivity index (χ0n) is 16.2. The van der Waals surface area contributed by atoms with Crippen molar-refractivity contribution < 1.29 is 17.6 Å². The van der Waals surface area contributed by atoms with Gasteiger partial charge in [0.1, 0.15) is 11.9 Å². The second-order valence-electron chi connectivity index (χ2n) is 6.79. The standard InChI is InChI=1S/C20H25FN2O3S/c1-13-6-11-19(12-14(13)2)23(27(5,25)26)16(4)20(24)22-15(3)17-7-9-18(21)10-8-17/h6-12,15-16H,1-5H3,(H,22,24)/t15-,16-/m1/s1. The van der Waals surface area contributed by atoms with E-state index in [9.17, 15) is 17.6 Å². The molecule has 0 aliphatic heterocycles. The predicted molar refractivity (Wildman–Crippen MR) is 106 cm³/mol. The molecule has 1 amide bonds. The number of amides is 1. The van der Waals surface area contributed by atoms with Crippen LogP contribution in [-0.4, -0.2) is 26.6 Å². The van der Waals surface area contributed by atoms with Gasteiger partial charge < -0.3 is 5.32 Å². The summed E-state index contributed by atoms with van der Waals surface area (Å²) in [5.41, 5.74) is 3.15. The van der Waals surface area contributed by atoms with Gasteiger partial charge in [0.2, 0.25) is 15.9 Å². The fourth-order valence-electron chi connectivity index (χ4n) is 2.84. The number of sulfonamides is 1. The van der Waals surface area contributed by atoms with Crippen molar-refractivity contribution in [2.24, 2.45) is 0 Å². The van der Waals surface area contributed by atoms with Crippen LogP contribution in [0.2, 0.25) is 0 Å². The van der Waals surface area contributed by atoms with E-state index in [0.29, 0.717) is 5.69 Å². The van der Waals surface area contributed by atoms with Gasteiger partial charge in [0.05, 0.1) is 18.0 Å². The van der Waals surface area contributed by atoms with Crippen LogP contribution < -0.4 is 9.62 Å². The van der Waals surface area contributed by atoms with Crippen molar-refractivity contribution in [3.8, 4) is 0 Å². The van der Waals surface area contributed by atoms with Crippen LogP contribution >= 0.6 is 0 Å². The Labute approximate surface area is 160 Å². The quantitative estimate of drug-likeness (QED) is 0.819. The molecule has 1 N–H and O–H groups in total. The summed E-state index contributed by atoms with van der Waals surface area (Å²) in [5.74, 6) is -0.792. The SMILES string of the molecule is Cc1ccc(N([C@H](C)C(=O)N[C@H](C)c2ccc(F)cc2)S(C)(=O)=O)cc1C. The molecule has 0 fully saturated rings. The summed E-state index contributed by atoms with van der Waals surface area (Å²) in [6.45, 7) is 7.13. The van der Waals surface area contributed by atoms with Gasteiger partial charge in [-0.05, 0) is 68.7 Å². The highest BCUT2D eigenvalue weighted by atomic mass is 32.2. The van der Waals surface area contributed by atoms with Crippen LogP contribution in [-0.2, 0) is 14.8 Å². The molecule has 0 radical (unpaired) electrons. The molecule has 0 saturated carbocycles. The minimum Gasteiger partial charge on any atom is -0.348 e. The third kappa shape index (κ3) is 5.07. The molecular formula is C20H25FN2O3S. The lowest BCUT2D eigenvalue weighted by Gasteiger charge is -2.29. The van der Waals surface area contributed by atoms with E-state index in [0.717, 1.165) is 27.3 Å². The van der Waals surface area contributed by atoms with Gasteiger partial charge in [-0.15, -0.1) is 0 Å². The van der Waals surface area contributed by atoms with Crippen molar-refractivity contribution in [3.63, 3.8) is 0 Å². The summed E-state index contributed by atoms with van der Waals surface area (Å²) in [5, 5.41) is 2.80. The zero-order valence-corrected chi connectivity index (χ0v) is 17.0. The maximum absolute atomic E-state index is 13.1. The van der Waals surface area contributed by atoms with Crippen LogP contribution in [0, 0.1) is 19.7 Å². The Hall–Kier alpha value is -2.41. The summed E-state index contributed by atoms with van der Waals surface area (Å²) in [7, 11) is -3.67. The molecule has 0 bridgehead atoms. The summed E-state index contributed by atoms with van der Waals surface area (Å²) < 4.78 is 38.9. The number of hydrogen-bond acceptors (Lipinski definition) is 3.